The Balaban J connectivity index is 2.00. The molecule has 2 aromatic rings. The molecule has 1 heterocycles. The highest BCUT2D eigenvalue weighted by Gasteiger charge is 2.10. The van der Waals surface area contributed by atoms with Crippen molar-refractivity contribution in [2.24, 2.45) is 0 Å². The molecule has 0 saturated carbocycles. The highest BCUT2D eigenvalue weighted by atomic mass is 19.1. The average Bonchev–Trinajstić information content (AvgIpc) is 2.67. The van der Waals surface area contributed by atoms with Gasteiger partial charge in [-0.25, -0.2) is 8.78 Å². The van der Waals surface area contributed by atoms with Crippen molar-refractivity contribution in [1.29, 1.82) is 0 Å². The van der Waals surface area contributed by atoms with Gasteiger partial charge in [-0.1, -0.05) is 0 Å². The molecule has 0 fully saturated rings. The standard InChI is InChI=1S/C13H12F2O2/c14-10-4-9(5-11(15)7-10)6-12(16)8-13-2-1-3-17-13/h1-5,7,12,16H,6,8H2. The number of aliphatic hydroxyl groups excluding tert-OH is 1. The number of halogens is 2. The average molecular weight is 238 g/mol. The lowest BCUT2D eigenvalue weighted by Gasteiger charge is -2.09. The van der Waals surface area contributed by atoms with E-state index >= 15 is 0 Å². The summed E-state index contributed by atoms with van der Waals surface area (Å²) < 4.78 is 30.9. The molecule has 0 bridgehead atoms. The summed E-state index contributed by atoms with van der Waals surface area (Å²) in [6, 6.07) is 6.71. The van der Waals surface area contributed by atoms with E-state index in [1.54, 1.807) is 12.1 Å². The minimum Gasteiger partial charge on any atom is -0.469 e. The van der Waals surface area contributed by atoms with Crippen molar-refractivity contribution in [3.05, 3.63) is 59.6 Å². The quantitative estimate of drug-likeness (QED) is 0.888. The van der Waals surface area contributed by atoms with E-state index < -0.39 is 17.7 Å². The van der Waals surface area contributed by atoms with E-state index in [0.717, 1.165) is 6.07 Å². The van der Waals surface area contributed by atoms with Crippen LogP contribution in [0.4, 0.5) is 8.78 Å². The van der Waals surface area contributed by atoms with Gasteiger partial charge >= 0.3 is 0 Å². The van der Waals surface area contributed by atoms with E-state index in [1.807, 2.05) is 0 Å². The normalized spacial score (nSPS) is 12.6. The van der Waals surface area contributed by atoms with Gasteiger partial charge in [0.25, 0.3) is 0 Å². The molecule has 17 heavy (non-hydrogen) atoms. The van der Waals surface area contributed by atoms with Crippen molar-refractivity contribution in [1.82, 2.24) is 0 Å². The van der Waals surface area contributed by atoms with Gasteiger partial charge in [0.15, 0.2) is 0 Å². The first-order chi connectivity index (χ1) is 8.13. The van der Waals surface area contributed by atoms with Crippen molar-refractivity contribution in [3.8, 4) is 0 Å². The van der Waals surface area contributed by atoms with E-state index in [0.29, 0.717) is 17.7 Å². The first-order valence-electron chi connectivity index (χ1n) is 5.29. The first-order valence-corrected chi connectivity index (χ1v) is 5.29. The summed E-state index contributed by atoms with van der Waals surface area (Å²) in [5.41, 5.74) is 0.432. The highest BCUT2D eigenvalue weighted by molar-refractivity contribution is 5.19. The lowest BCUT2D eigenvalue weighted by atomic mass is 10.0. The Bertz CT molecular complexity index is 460. The Kier molecular flexibility index (Phi) is 3.54. The second-order valence-corrected chi connectivity index (χ2v) is 3.92. The molecule has 0 saturated heterocycles. The Labute approximate surface area is 97.5 Å². The predicted molar refractivity (Wildman–Crippen MR) is 58.5 cm³/mol. The molecule has 90 valence electrons. The molecular weight excluding hydrogens is 226 g/mol. The van der Waals surface area contributed by atoms with Crippen molar-refractivity contribution >= 4 is 0 Å². The van der Waals surface area contributed by atoms with Crippen LogP contribution >= 0.6 is 0 Å². The molecular formula is C13H12F2O2. The van der Waals surface area contributed by atoms with Crippen molar-refractivity contribution in [3.63, 3.8) is 0 Å². The Morgan fingerprint density at radius 3 is 2.41 bits per heavy atom. The monoisotopic (exact) mass is 238 g/mol. The SMILES string of the molecule is OC(Cc1cc(F)cc(F)c1)Cc1ccco1. The van der Waals surface area contributed by atoms with Gasteiger partial charge in [-0.15, -0.1) is 0 Å². The molecule has 4 heteroatoms. The van der Waals surface area contributed by atoms with Gasteiger partial charge in [-0.3, -0.25) is 0 Å². The second kappa shape index (κ2) is 5.10. The Morgan fingerprint density at radius 2 is 1.82 bits per heavy atom. The highest BCUT2D eigenvalue weighted by Crippen LogP contribution is 2.12. The van der Waals surface area contributed by atoms with Gasteiger partial charge < -0.3 is 9.52 Å². The molecule has 0 aliphatic heterocycles. The summed E-state index contributed by atoms with van der Waals surface area (Å²) in [5, 5.41) is 9.75. The van der Waals surface area contributed by atoms with E-state index in [9.17, 15) is 13.9 Å². The molecule has 0 radical (unpaired) electrons. The molecule has 1 unspecified atom stereocenters. The smallest absolute Gasteiger partial charge is 0.126 e. The summed E-state index contributed by atoms with van der Waals surface area (Å²) in [6.45, 7) is 0. The van der Waals surface area contributed by atoms with Gasteiger partial charge in [0.2, 0.25) is 0 Å². The van der Waals surface area contributed by atoms with Crippen LogP contribution in [0.15, 0.2) is 41.0 Å². The van der Waals surface area contributed by atoms with Crippen LogP contribution in [0.1, 0.15) is 11.3 Å². The van der Waals surface area contributed by atoms with E-state index in [-0.39, 0.29) is 6.42 Å². The van der Waals surface area contributed by atoms with Gasteiger partial charge in [0.05, 0.1) is 12.4 Å². The number of aliphatic hydroxyl groups is 1. The zero-order valence-electron chi connectivity index (χ0n) is 9.07. The summed E-state index contributed by atoms with van der Waals surface area (Å²) in [5.74, 6) is -0.621. The Hall–Kier alpha value is -1.68. The summed E-state index contributed by atoms with van der Waals surface area (Å²) >= 11 is 0. The zero-order chi connectivity index (χ0) is 12.3. The minimum atomic E-state index is -0.720. The lowest BCUT2D eigenvalue weighted by Crippen LogP contribution is -2.13. The van der Waals surface area contributed by atoms with Crippen LogP contribution in [-0.2, 0) is 12.8 Å². The summed E-state index contributed by atoms with van der Waals surface area (Å²) in [7, 11) is 0. The fraction of sp³-hybridized carbons (Fsp3) is 0.231. The predicted octanol–water partition coefficient (Wildman–Crippen LogP) is 2.70. The molecule has 2 rings (SSSR count). The molecule has 1 N–H and O–H groups in total. The number of hydrogen-bond acceptors (Lipinski definition) is 2. The fourth-order valence-corrected chi connectivity index (χ4v) is 1.73. The van der Waals surface area contributed by atoms with Crippen LogP contribution in [0.25, 0.3) is 0 Å². The second-order valence-electron chi connectivity index (χ2n) is 3.92. The number of benzene rings is 1. The van der Waals surface area contributed by atoms with Crippen LogP contribution in [0, 0.1) is 11.6 Å². The minimum absolute atomic E-state index is 0.190. The maximum Gasteiger partial charge on any atom is 0.126 e. The van der Waals surface area contributed by atoms with Crippen LogP contribution in [-0.4, -0.2) is 11.2 Å². The molecule has 0 amide bonds. The maximum absolute atomic E-state index is 12.9. The Morgan fingerprint density at radius 1 is 1.12 bits per heavy atom. The van der Waals surface area contributed by atoms with Crippen LogP contribution in [0.3, 0.4) is 0 Å². The van der Waals surface area contributed by atoms with Gasteiger partial charge in [-0.2, -0.15) is 0 Å². The largest absolute Gasteiger partial charge is 0.469 e. The van der Waals surface area contributed by atoms with E-state index in [2.05, 4.69) is 0 Å². The molecule has 1 aromatic carbocycles. The summed E-state index contributed by atoms with van der Waals surface area (Å²) in [4.78, 5) is 0. The molecule has 0 aliphatic rings. The number of hydrogen-bond donors (Lipinski definition) is 1. The topological polar surface area (TPSA) is 33.4 Å². The third-order valence-electron chi connectivity index (χ3n) is 2.41. The zero-order valence-corrected chi connectivity index (χ0v) is 9.07. The van der Waals surface area contributed by atoms with Gasteiger partial charge in [0, 0.05) is 12.5 Å². The van der Waals surface area contributed by atoms with Crippen LogP contribution in [0.2, 0.25) is 0 Å². The number of rotatable bonds is 4. The maximum atomic E-state index is 12.9. The number of furan rings is 1. The molecule has 0 aliphatic carbocycles. The van der Waals surface area contributed by atoms with Gasteiger partial charge in [0.1, 0.15) is 17.4 Å². The molecule has 0 spiro atoms. The molecule has 2 nitrogen and oxygen atoms in total. The summed E-state index contributed by atoms with van der Waals surface area (Å²) in [6.07, 6.45) is 1.31. The van der Waals surface area contributed by atoms with E-state index in [1.165, 1.54) is 18.4 Å². The van der Waals surface area contributed by atoms with E-state index in [4.69, 9.17) is 4.42 Å². The van der Waals surface area contributed by atoms with Crippen LogP contribution < -0.4 is 0 Å². The van der Waals surface area contributed by atoms with Crippen molar-refractivity contribution in [2.45, 2.75) is 18.9 Å². The van der Waals surface area contributed by atoms with Crippen molar-refractivity contribution in [2.75, 3.05) is 0 Å². The third kappa shape index (κ3) is 3.39. The molecule has 1 aromatic heterocycles. The first kappa shape index (κ1) is 11.8. The van der Waals surface area contributed by atoms with Crippen molar-refractivity contribution < 1.29 is 18.3 Å². The lowest BCUT2D eigenvalue weighted by molar-refractivity contribution is 0.167. The van der Waals surface area contributed by atoms with Crippen LogP contribution in [0.5, 0.6) is 0 Å². The molecule has 1 atom stereocenters. The third-order valence-corrected chi connectivity index (χ3v) is 2.41. The van der Waals surface area contributed by atoms with Gasteiger partial charge in [-0.05, 0) is 36.2 Å². The fourth-order valence-electron chi connectivity index (χ4n) is 1.73.